The Balaban J connectivity index is 3.28. The highest BCUT2D eigenvalue weighted by Gasteiger charge is 1.75. The molecule has 0 aliphatic heterocycles. The molecule has 1 aromatic rings. The van der Waals surface area contributed by atoms with Gasteiger partial charge >= 0.3 is 0 Å². The first-order valence-corrected chi connectivity index (χ1v) is 4.67. The molecule has 0 radical (unpaired) electrons. The smallest absolute Gasteiger partial charge is 0.0116 e. The van der Waals surface area contributed by atoms with E-state index in [4.69, 9.17) is 0 Å². The highest BCUT2D eigenvalue weighted by molar-refractivity contribution is 9.14. The van der Waals surface area contributed by atoms with Crippen molar-refractivity contribution in [3.63, 3.8) is 0 Å². The molecule has 1 aromatic carbocycles. The topological polar surface area (TPSA) is 0 Å². The lowest BCUT2D eigenvalue weighted by molar-refractivity contribution is 1.57. The fraction of sp³-hybridized carbons (Fsp3) is 0. The minimum absolute atomic E-state index is 1.18. The number of rotatable bonds is 0. The fourth-order valence-corrected chi connectivity index (χ4v) is 1.25. The van der Waals surface area contributed by atoms with Crippen LogP contribution in [-0.2, 0) is 0 Å². The van der Waals surface area contributed by atoms with Gasteiger partial charge in [0.25, 0.3) is 0 Å². The minimum atomic E-state index is 1.18. The quantitative estimate of drug-likeness (QED) is 0.670. The molecular weight excluding hydrogens is 256 g/mol. The third kappa shape index (κ3) is 1.96. The molecule has 0 bridgehead atoms. The maximum absolute atomic E-state index is 3.26. The van der Waals surface area contributed by atoms with Crippen LogP contribution in [-0.4, -0.2) is 0 Å². The van der Waals surface area contributed by atoms with E-state index in [1.54, 1.807) is 0 Å². The lowest BCUT2D eigenvalue weighted by Crippen LogP contribution is -2.04. The van der Waals surface area contributed by atoms with Crippen LogP contribution >= 0.6 is 31.9 Å². The van der Waals surface area contributed by atoms with E-state index in [-0.39, 0.29) is 0 Å². The number of hydrogen-bond donors (Lipinski definition) is 0. The molecule has 2 heteroatoms. The van der Waals surface area contributed by atoms with Crippen LogP contribution < -0.4 is 10.4 Å². The second kappa shape index (κ2) is 3.94. The summed E-state index contributed by atoms with van der Waals surface area (Å²) < 4.78 is 0. The normalized spacial score (nSPS) is 9.00. The second-order valence-electron chi connectivity index (χ2n) is 1.88. The molecule has 0 unspecified atom stereocenters. The standard InChI is InChI=1S/C8H6Br2/c9-5-7-1-2-8(6-10)4-3-7/h1-6H. The summed E-state index contributed by atoms with van der Waals surface area (Å²) in [5.74, 6) is 0. The van der Waals surface area contributed by atoms with Crippen molar-refractivity contribution in [2.45, 2.75) is 0 Å². The first kappa shape index (κ1) is 8.02. The first-order chi connectivity index (χ1) is 4.86. The molecule has 0 aliphatic rings. The molecule has 0 spiro atoms. The molecular formula is C8H6Br2. The molecule has 0 saturated carbocycles. The van der Waals surface area contributed by atoms with Crippen LogP contribution in [0.4, 0.5) is 0 Å². The van der Waals surface area contributed by atoms with Gasteiger partial charge in [-0.3, -0.25) is 0 Å². The number of hydrogen-bond acceptors (Lipinski definition) is 0. The minimum Gasteiger partial charge on any atom is -0.0588 e. The van der Waals surface area contributed by atoms with Crippen molar-refractivity contribution in [1.29, 1.82) is 0 Å². The molecule has 0 aromatic heterocycles. The molecule has 0 atom stereocenters. The summed E-state index contributed by atoms with van der Waals surface area (Å²) in [6.45, 7) is 0. The van der Waals surface area contributed by atoms with E-state index in [0.29, 0.717) is 0 Å². The van der Waals surface area contributed by atoms with E-state index in [9.17, 15) is 0 Å². The molecule has 0 nitrogen and oxygen atoms in total. The summed E-state index contributed by atoms with van der Waals surface area (Å²) in [5, 5.41) is 2.36. The Bertz CT molecular complexity index is 258. The maximum Gasteiger partial charge on any atom is -0.0116 e. The molecule has 1 rings (SSSR count). The van der Waals surface area contributed by atoms with E-state index in [0.717, 1.165) is 0 Å². The van der Waals surface area contributed by atoms with Gasteiger partial charge < -0.3 is 0 Å². The molecule has 0 N–H and O–H groups in total. The van der Waals surface area contributed by atoms with E-state index in [2.05, 4.69) is 31.9 Å². The molecule has 0 amide bonds. The molecule has 0 saturated heterocycles. The van der Waals surface area contributed by atoms with Crippen LogP contribution in [0.25, 0.3) is 9.97 Å². The van der Waals surface area contributed by atoms with Gasteiger partial charge in [-0.15, -0.1) is 0 Å². The van der Waals surface area contributed by atoms with Crippen LogP contribution in [0.2, 0.25) is 0 Å². The van der Waals surface area contributed by atoms with Crippen molar-refractivity contribution in [2.75, 3.05) is 0 Å². The lowest BCUT2D eigenvalue weighted by atomic mass is 10.3. The summed E-state index contributed by atoms with van der Waals surface area (Å²) in [7, 11) is 0. The fourth-order valence-electron chi connectivity index (χ4n) is 0.641. The zero-order chi connectivity index (χ0) is 7.40. The van der Waals surface area contributed by atoms with Gasteiger partial charge in [-0.05, 0) is 20.4 Å². The van der Waals surface area contributed by atoms with Crippen LogP contribution in [0.3, 0.4) is 0 Å². The summed E-state index contributed by atoms with van der Waals surface area (Å²) in [6.07, 6.45) is 0. The number of halogens is 2. The predicted octanol–water partition coefficient (Wildman–Crippen LogP) is 1.95. The third-order valence-electron chi connectivity index (χ3n) is 1.19. The van der Waals surface area contributed by atoms with Gasteiger partial charge in [-0.1, -0.05) is 56.1 Å². The van der Waals surface area contributed by atoms with Gasteiger partial charge in [0.15, 0.2) is 0 Å². The Labute approximate surface area is 76.5 Å². The first-order valence-electron chi connectivity index (χ1n) is 2.84. The van der Waals surface area contributed by atoms with E-state index >= 15 is 0 Å². The largest absolute Gasteiger partial charge is 0.0588 e. The molecule has 10 heavy (non-hydrogen) atoms. The van der Waals surface area contributed by atoms with Crippen molar-refractivity contribution in [3.05, 3.63) is 34.7 Å². The Morgan fingerprint density at radius 3 is 1.30 bits per heavy atom. The Morgan fingerprint density at radius 1 is 0.800 bits per heavy atom. The Hall–Kier alpha value is -0.0800. The SMILES string of the molecule is BrC=c1ccc(=CBr)cc1. The zero-order valence-corrected chi connectivity index (χ0v) is 8.39. The summed E-state index contributed by atoms with van der Waals surface area (Å²) in [6, 6.07) is 8.17. The van der Waals surface area contributed by atoms with Gasteiger partial charge in [0, 0.05) is 0 Å². The average Bonchev–Trinajstić information content (AvgIpc) is 2.05. The Kier molecular flexibility index (Phi) is 3.16. The molecule has 0 heterocycles. The highest BCUT2D eigenvalue weighted by Crippen LogP contribution is 1.81. The lowest BCUT2D eigenvalue weighted by Gasteiger charge is -1.82. The van der Waals surface area contributed by atoms with Gasteiger partial charge in [0.2, 0.25) is 0 Å². The van der Waals surface area contributed by atoms with Crippen LogP contribution in [0, 0.1) is 0 Å². The van der Waals surface area contributed by atoms with E-state index < -0.39 is 0 Å². The molecule has 0 fully saturated rings. The highest BCUT2D eigenvalue weighted by atomic mass is 79.9. The zero-order valence-electron chi connectivity index (χ0n) is 5.22. The Morgan fingerprint density at radius 2 is 1.10 bits per heavy atom. The van der Waals surface area contributed by atoms with Crippen molar-refractivity contribution in [1.82, 2.24) is 0 Å². The van der Waals surface area contributed by atoms with E-state index in [1.807, 2.05) is 34.2 Å². The van der Waals surface area contributed by atoms with Gasteiger partial charge in [-0.25, -0.2) is 0 Å². The van der Waals surface area contributed by atoms with Crippen LogP contribution in [0.5, 0.6) is 0 Å². The summed E-state index contributed by atoms with van der Waals surface area (Å²) >= 11 is 6.51. The van der Waals surface area contributed by atoms with Crippen molar-refractivity contribution >= 4 is 41.8 Å². The van der Waals surface area contributed by atoms with Gasteiger partial charge in [0.05, 0.1) is 0 Å². The number of benzene rings is 1. The van der Waals surface area contributed by atoms with Crippen molar-refractivity contribution in [2.24, 2.45) is 0 Å². The van der Waals surface area contributed by atoms with Crippen molar-refractivity contribution < 1.29 is 0 Å². The molecule has 52 valence electrons. The molecule has 0 aliphatic carbocycles. The summed E-state index contributed by atoms with van der Waals surface area (Å²) in [4.78, 5) is 3.79. The summed E-state index contributed by atoms with van der Waals surface area (Å²) in [5.41, 5.74) is 0. The van der Waals surface area contributed by atoms with E-state index in [1.165, 1.54) is 10.4 Å². The van der Waals surface area contributed by atoms with Gasteiger partial charge in [0.1, 0.15) is 0 Å². The van der Waals surface area contributed by atoms with Crippen LogP contribution in [0.15, 0.2) is 24.3 Å². The second-order valence-corrected chi connectivity index (χ2v) is 2.80. The van der Waals surface area contributed by atoms with Crippen molar-refractivity contribution in [3.8, 4) is 0 Å². The average molecular weight is 262 g/mol. The third-order valence-corrected chi connectivity index (χ3v) is 2.25. The monoisotopic (exact) mass is 260 g/mol. The van der Waals surface area contributed by atoms with Crippen LogP contribution in [0.1, 0.15) is 0 Å². The predicted molar refractivity (Wildman–Crippen MR) is 52.5 cm³/mol. The maximum atomic E-state index is 3.26. The van der Waals surface area contributed by atoms with Gasteiger partial charge in [-0.2, -0.15) is 0 Å².